The normalized spacial score (nSPS) is 12.2. The van der Waals surface area contributed by atoms with E-state index in [0.29, 0.717) is 89.6 Å². The maximum absolute atomic E-state index is 13.3. The second kappa shape index (κ2) is 40.6. The number of anilines is 4. The highest BCUT2D eigenvalue weighted by Crippen LogP contribution is 2.41. The van der Waals surface area contributed by atoms with E-state index in [0.717, 1.165) is 0 Å². The number of aromatic amines is 4. The van der Waals surface area contributed by atoms with Crippen LogP contribution in [0.3, 0.4) is 0 Å². The molecule has 123 heavy (non-hydrogen) atoms. The fourth-order valence-corrected chi connectivity index (χ4v) is 11.8. The van der Waals surface area contributed by atoms with Crippen molar-refractivity contribution in [2.45, 2.75) is 33.2 Å². The van der Waals surface area contributed by atoms with Gasteiger partial charge in [0, 0.05) is 52.5 Å². The number of hydrazone groups is 1. The number of carbonyl (C=O) groups is 10. The molecule has 2 aromatic heterocycles. The van der Waals surface area contributed by atoms with E-state index >= 15 is 0 Å². The molecule has 12 aromatic rings. The number of allylic oxidation sites excluding steroid dienone is 1. The van der Waals surface area contributed by atoms with Gasteiger partial charge in [-0.2, -0.15) is 10.1 Å². The molecule has 0 bridgehead atoms. The Bertz CT molecular complexity index is 6450. The van der Waals surface area contributed by atoms with Gasteiger partial charge < -0.3 is 85.6 Å². The first-order valence-electron chi connectivity index (χ1n) is 36.9. The Kier molecular flexibility index (Phi) is 28.6. The highest BCUT2D eigenvalue weighted by Gasteiger charge is 2.29. The minimum atomic E-state index is -0.785. The number of nitrogens with zero attached hydrogens (tertiary/aromatic N) is 7. The minimum absolute atomic E-state index is 0.00130. The van der Waals surface area contributed by atoms with Crippen molar-refractivity contribution in [3.05, 3.63) is 272 Å². The van der Waals surface area contributed by atoms with Gasteiger partial charge in [0.1, 0.15) is 65.5 Å². The number of para-hydroxylation sites is 4. The number of fused-ring (bicyclic) bond motifs is 3. The first kappa shape index (κ1) is 86.7. The molecule has 37 heteroatoms. The van der Waals surface area contributed by atoms with Crippen LogP contribution in [0.4, 0.5) is 39.8 Å². The second-order valence-electron chi connectivity index (χ2n) is 26.1. The predicted octanol–water partition coefficient (Wildman–Crippen LogP) is 11.8. The molecule has 1 aliphatic heterocycles. The number of H-pyrrole nitrogens is 4. The van der Waals surface area contributed by atoms with Gasteiger partial charge >= 0.3 is 23.3 Å². The number of hydrogen-bond acceptors (Lipinski definition) is 27. The van der Waals surface area contributed by atoms with Gasteiger partial charge in [-0.3, -0.25) is 48.8 Å². The average molecular weight is 1670 g/mol. The zero-order valence-corrected chi connectivity index (χ0v) is 66.1. The quantitative estimate of drug-likeness (QED) is 0.00303. The number of amidine groups is 1. The van der Waals surface area contributed by atoms with Gasteiger partial charge in [0.2, 0.25) is 5.91 Å². The molecule has 37 nitrogen and oxygen atoms in total. The molecular weight excluding hydrogens is 1590 g/mol. The summed E-state index contributed by atoms with van der Waals surface area (Å²) in [6, 6.07) is 56.4. The number of nitrogens with two attached hydrogens (primary N) is 1. The van der Waals surface area contributed by atoms with Gasteiger partial charge in [-0.05, 0) is 128 Å². The van der Waals surface area contributed by atoms with E-state index in [1.165, 1.54) is 72.6 Å². The summed E-state index contributed by atoms with van der Waals surface area (Å²) in [4.78, 5) is 166. The van der Waals surface area contributed by atoms with Crippen molar-refractivity contribution in [3.63, 3.8) is 0 Å². The summed E-state index contributed by atoms with van der Waals surface area (Å²) in [6.45, 7) is 2.69. The smallest absolute Gasteiger partial charge is 0.340 e. The Labute approximate surface area is 695 Å². The van der Waals surface area contributed by atoms with Crippen molar-refractivity contribution in [1.29, 1.82) is 0 Å². The van der Waals surface area contributed by atoms with Crippen molar-refractivity contribution in [3.8, 4) is 28.7 Å². The molecule has 624 valence electrons. The summed E-state index contributed by atoms with van der Waals surface area (Å²) < 4.78 is 31.9. The van der Waals surface area contributed by atoms with Gasteiger partial charge in [-0.15, -0.1) is 20.5 Å². The Morgan fingerprint density at radius 3 is 1.77 bits per heavy atom. The molecule has 0 atom stereocenters. The Hall–Kier alpha value is -17.2. The van der Waals surface area contributed by atoms with Crippen molar-refractivity contribution in [2.24, 2.45) is 41.3 Å². The number of phenols is 1. The van der Waals surface area contributed by atoms with Crippen LogP contribution >= 0.6 is 0 Å². The van der Waals surface area contributed by atoms with Gasteiger partial charge in [0.15, 0.2) is 40.3 Å². The van der Waals surface area contributed by atoms with Crippen LogP contribution in [0.15, 0.2) is 263 Å². The van der Waals surface area contributed by atoms with Crippen LogP contribution in [-0.2, 0) is 51.2 Å². The first-order valence-corrected chi connectivity index (χ1v) is 36.9. The molecule has 0 fully saturated rings. The monoisotopic (exact) mass is 1670 g/mol. The molecule has 6 amide bonds. The summed E-state index contributed by atoms with van der Waals surface area (Å²) >= 11 is 0. The van der Waals surface area contributed by atoms with Crippen LogP contribution in [0, 0.1) is 0 Å². The third-order valence-corrected chi connectivity index (χ3v) is 17.7. The number of nitrogens with one attached hydrogen (secondary N) is 9. The number of azo groups is 2. The zero-order valence-electron chi connectivity index (χ0n) is 66.1. The number of aliphatic imine (C=N–C) groups is 2. The number of Topliss-reactive ketones (excluding diaryl/α,β-unsaturated/α-hetero) is 2. The molecule has 10 aromatic carbocycles. The first-order chi connectivity index (χ1) is 59.3. The molecular formula is C86H75N17O20. The van der Waals surface area contributed by atoms with Crippen molar-refractivity contribution in [2.75, 3.05) is 63.0 Å². The SMILES string of the molecule is CC(=O)C(=NCc1ccccc1OCCOc1ccccc1N=NC(C(=O)Nc1ccc2[nH]c(=O)[nH]c2c1)=C(C)O)C(=O)Nc1ccc2[nH]c(=O)[nH]c2c1.COC(=O)c1ccc(C(=O)OC)c(N/N=C(\C(=O)Cc2ccccc2OC)C2=NC(=O)CC(=O)N2)c1.COc1ccc(C(=O)Nc2ccccc2)cc1N=Nc1c(O)c(C(N)=O)cc2ccccc12. The maximum atomic E-state index is 13.3. The number of primary amides is 1. The Morgan fingerprint density at radius 1 is 0.537 bits per heavy atom. The number of carbonyl (C=O) groups excluding carboxylic acids is 10. The van der Waals surface area contributed by atoms with Gasteiger partial charge in [0.25, 0.3) is 29.5 Å². The average Bonchev–Trinajstić information content (AvgIpc) is 1.28. The zero-order chi connectivity index (χ0) is 87.8. The lowest BCUT2D eigenvalue weighted by Gasteiger charge is -2.15. The summed E-state index contributed by atoms with van der Waals surface area (Å²) in [6.07, 6.45) is -0.682. The molecule has 0 radical (unpaired) electrons. The van der Waals surface area contributed by atoms with Crippen molar-refractivity contribution >= 4 is 149 Å². The molecule has 0 spiro atoms. The minimum Gasteiger partial charge on any atom is -0.510 e. The third kappa shape index (κ3) is 22.5. The van der Waals surface area contributed by atoms with E-state index in [1.807, 2.05) is 18.2 Å². The number of amides is 6. The molecule has 0 aliphatic carbocycles. The lowest BCUT2D eigenvalue weighted by atomic mass is 10.0. The summed E-state index contributed by atoms with van der Waals surface area (Å²) in [5.74, 6) is -6.01. The molecule has 1 aliphatic rings. The summed E-state index contributed by atoms with van der Waals surface area (Å²) in [5.41, 5.74) is 11.8. The number of benzene rings is 10. The number of aromatic nitrogens is 4. The van der Waals surface area contributed by atoms with Gasteiger partial charge in [-0.25, -0.2) is 19.2 Å². The standard InChI is InChI=1S/C37H33N9O8.C25H20N4O4.C24H22N4O8/c1-20(47)32(34(49)39-23-11-13-25-28(17-23)43-36(51)41-25)38-19-22-7-3-5-9-30(22)53-15-16-54-31-10-6-4-8-27(31)45-46-33(21(2)48)35(50)40-24-12-14-26-29(18-24)44-37(52)42-26;1-33-21-12-11-16(25(32)27-17-8-3-2-4-9-17)14-20(21)28-29-22-18-10-6-5-7-15(18)13-19(23(22)30)24(26)31;1-34-18-7-5-4-6-13(18)11-17(29)21(22-25-19(30)12-20(31)26-22)28-27-16-10-14(23(32)35-2)8-9-15(16)24(33)36-3/h3-14,17-18,48H,15-16,19H2,1-2H3,(H,39,49)(H,40,50)(H2,41,43,51)(H2,42,44,52);2-14,30H,1H3,(H2,26,31)(H,27,32);4-10,27H,11-12H2,1-3H3,(H,25,26,30,31)/b;;28-21+. The largest absolute Gasteiger partial charge is 0.510 e. The Balaban J connectivity index is 0.000000188. The lowest BCUT2D eigenvalue weighted by Crippen LogP contribution is -2.44. The molecule has 13 rings (SSSR count). The molecule has 13 N–H and O–H groups in total. The van der Waals surface area contributed by atoms with Crippen LogP contribution in [0.25, 0.3) is 32.8 Å². The highest BCUT2D eigenvalue weighted by molar-refractivity contribution is 6.69. The molecule has 0 unspecified atom stereocenters. The second-order valence-corrected chi connectivity index (χ2v) is 26.1. The van der Waals surface area contributed by atoms with Gasteiger partial charge in [0.05, 0.1) is 79.4 Å². The van der Waals surface area contributed by atoms with E-state index in [2.05, 4.69) is 82.2 Å². The fourth-order valence-electron chi connectivity index (χ4n) is 11.8. The van der Waals surface area contributed by atoms with Gasteiger partial charge in [-0.1, -0.05) is 91.0 Å². The number of aliphatic hydroxyl groups excluding tert-OH is 1. The third-order valence-electron chi connectivity index (χ3n) is 17.7. The summed E-state index contributed by atoms with van der Waals surface area (Å²) in [5, 5.41) is 53.1. The van der Waals surface area contributed by atoms with Crippen LogP contribution in [-0.4, -0.2) is 148 Å². The van der Waals surface area contributed by atoms with E-state index in [1.54, 1.807) is 158 Å². The van der Waals surface area contributed by atoms with E-state index < -0.39 is 59.5 Å². The number of imidazole rings is 2. The van der Waals surface area contributed by atoms with E-state index in [-0.39, 0.29) is 117 Å². The van der Waals surface area contributed by atoms with Crippen LogP contribution in [0.5, 0.6) is 28.7 Å². The number of aliphatic hydroxyl groups is 1. The van der Waals surface area contributed by atoms with Crippen LogP contribution in [0.2, 0.25) is 0 Å². The number of rotatable bonds is 29. The molecule has 0 saturated heterocycles. The summed E-state index contributed by atoms with van der Waals surface area (Å²) in [7, 11) is 5.28. The number of hydrogen-bond donors (Lipinski definition) is 12. The number of ketones is 2. The number of methoxy groups -OCH3 is 4. The maximum Gasteiger partial charge on any atom is 0.340 e. The number of esters is 2. The topological polar surface area (TPSA) is 537 Å². The predicted molar refractivity (Wildman–Crippen MR) is 453 cm³/mol. The van der Waals surface area contributed by atoms with Crippen molar-refractivity contribution < 1.29 is 86.6 Å². The van der Waals surface area contributed by atoms with E-state index in [9.17, 15) is 67.7 Å². The number of aromatic hydroxyl groups is 1. The highest BCUT2D eigenvalue weighted by atomic mass is 16.5. The van der Waals surface area contributed by atoms with Crippen LogP contribution < -0.4 is 62.8 Å². The lowest BCUT2D eigenvalue weighted by molar-refractivity contribution is -0.127. The molecule has 3 heterocycles. The van der Waals surface area contributed by atoms with Crippen LogP contribution in [0.1, 0.15) is 72.8 Å². The number of ether oxygens (including phenoxy) is 6. The van der Waals surface area contributed by atoms with E-state index in [4.69, 9.17) is 34.2 Å². The molecule has 0 saturated carbocycles. The fraction of sp³-hybridized carbons (Fsp3) is 0.128. The Morgan fingerprint density at radius 2 is 1.13 bits per heavy atom. The van der Waals surface area contributed by atoms with Crippen molar-refractivity contribution in [1.82, 2.24) is 25.3 Å².